The van der Waals surface area contributed by atoms with Crippen LogP contribution in [-0.4, -0.2) is 40.9 Å². The van der Waals surface area contributed by atoms with Gasteiger partial charge in [-0.3, -0.25) is 19.6 Å². The quantitative estimate of drug-likeness (QED) is 0.319. The first-order valence-electron chi connectivity index (χ1n) is 8.70. The number of amides is 3. The highest BCUT2D eigenvalue weighted by Gasteiger charge is 2.48. The Morgan fingerprint density at radius 1 is 1.17 bits per heavy atom. The first kappa shape index (κ1) is 24.3. The van der Waals surface area contributed by atoms with Crippen molar-refractivity contribution in [3.05, 3.63) is 47.5 Å². The Balaban J connectivity index is 3.09. The summed E-state index contributed by atoms with van der Waals surface area (Å²) in [6.07, 6.45) is 0.164. The van der Waals surface area contributed by atoms with E-state index in [0.717, 1.165) is 13.8 Å². The molecular formula is C21H21F2N3O4. The van der Waals surface area contributed by atoms with Gasteiger partial charge in [0.05, 0.1) is 0 Å². The van der Waals surface area contributed by atoms with E-state index in [9.17, 15) is 23.2 Å². The van der Waals surface area contributed by atoms with E-state index in [0.29, 0.717) is 5.56 Å². The largest absolute Gasteiger partial charge is 0.343 e. The third-order valence-electron chi connectivity index (χ3n) is 3.88. The molecule has 1 rings (SSSR count). The Bertz CT molecular complexity index is 937. The lowest BCUT2D eigenvalue weighted by Crippen LogP contribution is -2.68. The molecule has 1 aromatic carbocycles. The van der Waals surface area contributed by atoms with Crippen LogP contribution in [0.15, 0.2) is 36.4 Å². The van der Waals surface area contributed by atoms with E-state index in [1.807, 2.05) is 12.2 Å². The minimum absolute atomic E-state index is 0.0516. The molecule has 30 heavy (non-hydrogen) atoms. The topological polar surface area (TPSA) is 108 Å². The fraction of sp³-hybridized carbons (Fsp3) is 0.286. The number of hydrogen-bond acceptors (Lipinski definition) is 4. The lowest BCUT2D eigenvalue weighted by molar-refractivity contribution is -0.137. The first-order chi connectivity index (χ1) is 14.2. The maximum atomic E-state index is 13.6. The van der Waals surface area contributed by atoms with Crippen molar-refractivity contribution < 1.29 is 28.4 Å². The zero-order chi connectivity index (χ0) is 22.7. The van der Waals surface area contributed by atoms with Gasteiger partial charge in [0.15, 0.2) is 0 Å². The van der Waals surface area contributed by atoms with Crippen molar-refractivity contribution in [1.29, 1.82) is 0 Å². The molecule has 7 nitrogen and oxygen atoms in total. The second kappa shape index (κ2) is 11.3. The number of rotatable bonds is 6. The Morgan fingerprint density at radius 2 is 1.80 bits per heavy atom. The fourth-order valence-electron chi connectivity index (χ4n) is 2.37. The summed E-state index contributed by atoms with van der Waals surface area (Å²) in [5, 5.41) is 13.0. The smallest absolute Gasteiger partial charge is 0.268 e. The van der Waals surface area contributed by atoms with Crippen molar-refractivity contribution in [3.8, 4) is 23.7 Å². The molecule has 0 spiro atoms. The molecule has 158 valence electrons. The minimum Gasteiger partial charge on any atom is -0.343 e. The van der Waals surface area contributed by atoms with Crippen molar-refractivity contribution in [2.45, 2.75) is 38.8 Å². The summed E-state index contributed by atoms with van der Waals surface area (Å²) in [7, 11) is 0. The van der Waals surface area contributed by atoms with E-state index in [1.165, 1.54) is 29.7 Å². The monoisotopic (exact) mass is 417 g/mol. The number of alkyl halides is 2. The van der Waals surface area contributed by atoms with Crippen molar-refractivity contribution in [2.24, 2.45) is 0 Å². The predicted molar refractivity (Wildman–Crippen MR) is 105 cm³/mol. The highest BCUT2D eigenvalue weighted by Crippen LogP contribution is 2.21. The van der Waals surface area contributed by atoms with E-state index in [-0.39, 0.29) is 5.56 Å². The van der Waals surface area contributed by atoms with Crippen LogP contribution >= 0.6 is 0 Å². The van der Waals surface area contributed by atoms with Crippen molar-refractivity contribution in [2.75, 3.05) is 0 Å². The summed E-state index contributed by atoms with van der Waals surface area (Å²) >= 11 is 0. The summed E-state index contributed by atoms with van der Waals surface area (Å²) in [5.74, 6) is 7.66. The Kier molecular flexibility index (Phi) is 9.21. The van der Waals surface area contributed by atoms with Gasteiger partial charge < -0.3 is 10.6 Å². The van der Waals surface area contributed by atoms with Crippen LogP contribution in [0, 0.1) is 23.7 Å². The van der Waals surface area contributed by atoms with Gasteiger partial charge >= 0.3 is 0 Å². The zero-order valence-corrected chi connectivity index (χ0v) is 16.5. The molecule has 0 heterocycles. The minimum atomic E-state index is -3.23. The number of benzene rings is 1. The molecule has 0 aliphatic carbocycles. The summed E-state index contributed by atoms with van der Waals surface area (Å²) in [6, 6.07) is 3.83. The Labute approximate surface area is 172 Å². The molecule has 1 aromatic rings. The number of hydrogen-bond donors (Lipinski definition) is 4. The Hall–Kier alpha value is -3.69. The summed E-state index contributed by atoms with van der Waals surface area (Å²) in [4.78, 5) is 35.8. The molecule has 1 unspecified atom stereocenters. The van der Waals surface area contributed by atoms with Gasteiger partial charge in [-0.15, -0.1) is 0 Å². The maximum Gasteiger partial charge on any atom is 0.268 e. The average molecular weight is 417 g/mol. The highest BCUT2D eigenvalue weighted by atomic mass is 19.3. The second-order valence-electron chi connectivity index (χ2n) is 6.24. The average Bonchev–Trinajstić information content (AvgIpc) is 2.70. The van der Waals surface area contributed by atoms with Gasteiger partial charge in [0, 0.05) is 18.1 Å². The van der Waals surface area contributed by atoms with Gasteiger partial charge in [-0.25, -0.2) is 14.3 Å². The van der Waals surface area contributed by atoms with Crippen LogP contribution in [-0.2, 0) is 9.59 Å². The lowest BCUT2D eigenvalue weighted by atomic mass is 9.91. The highest BCUT2D eigenvalue weighted by molar-refractivity contribution is 5.98. The van der Waals surface area contributed by atoms with E-state index in [2.05, 4.69) is 29.0 Å². The van der Waals surface area contributed by atoms with E-state index in [1.54, 1.807) is 12.2 Å². The number of nitrogens with one attached hydrogen (secondary N) is 3. The molecule has 4 N–H and O–H groups in total. The van der Waals surface area contributed by atoms with Crippen LogP contribution in [0.25, 0.3) is 0 Å². The molecule has 0 fully saturated rings. The van der Waals surface area contributed by atoms with Gasteiger partial charge in [0.1, 0.15) is 11.6 Å². The normalized spacial score (nSPS) is 13.2. The molecule has 0 aromatic heterocycles. The standard InChI is InChI=1S/C21H21F2N3O4/c1-4-5-6-7-8-9-15-10-12-16(13-11-15)18(28)24-17(19(29)26-30)21(3,20(22)23)25-14(2)27/h4-5,10-13,17,20,30H,1-3H3,(H,24,28)(H,25,27)(H,26,29)/b5-4+/t17-,21?/m1/s1. The number of hydroxylamine groups is 1. The zero-order valence-electron chi connectivity index (χ0n) is 16.5. The van der Waals surface area contributed by atoms with Crippen molar-refractivity contribution in [3.63, 3.8) is 0 Å². The van der Waals surface area contributed by atoms with Crippen LogP contribution in [0.1, 0.15) is 36.7 Å². The van der Waals surface area contributed by atoms with Gasteiger partial charge in [-0.1, -0.05) is 17.9 Å². The lowest BCUT2D eigenvalue weighted by Gasteiger charge is -2.36. The van der Waals surface area contributed by atoms with E-state index < -0.39 is 35.7 Å². The second-order valence-corrected chi connectivity index (χ2v) is 6.24. The third-order valence-corrected chi connectivity index (χ3v) is 3.88. The van der Waals surface area contributed by atoms with Gasteiger partial charge in [0.2, 0.25) is 5.91 Å². The van der Waals surface area contributed by atoms with Gasteiger partial charge in [0.25, 0.3) is 18.2 Å². The fourth-order valence-corrected chi connectivity index (χ4v) is 2.37. The number of carbonyl (C=O) groups excluding carboxylic acids is 3. The summed E-state index contributed by atoms with van der Waals surface area (Å²) in [6.45, 7) is 3.69. The maximum absolute atomic E-state index is 13.6. The van der Waals surface area contributed by atoms with Gasteiger partial charge in [-0.05, 0) is 56.0 Å². The van der Waals surface area contributed by atoms with Gasteiger partial charge in [-0.2, -0.15) is 0 Å². The molecule has 0 aliphatic heterocycles. The third kappa shape index (κ3) is 6.73. The Morgan fingerprint density at radius 3 is 2.30 bits per heavy atom. The summed E-state index contributed by atoms with van der Waals surface area (Å²) in [5.41, 5.74) is -0.630. The van der Waals surface area contributed by atoms with Crippen molar-refractivity contribution >= 4 is 17.7 Å². The van der Waals surface area contributed by atoms with Crippen molar-refractivity contribution in [1.82, 2.24) is 16.1 Å². The summed E-state index contributed by atoms with van der Waals surface area (Å²) < 4.78 is 27.3. The molecule has 0 aliphatic rings. The molecule has 2 atom stereocenters. The molecule has 0 radical (unpaired) electrons. The first-order valence-corrected chi connectivity index (χ1v) is 8.70. The predicted octanol–water partition coefficient (Wildman–Crippen LogP) is 1.38. The van der Waals surface area contributed by atoms with Crippen LogP contribution in [0.3, 0.4) is 0 Å². The molecule has 9 heteroatoms. The van der Waals surface area contributed by atoms with E-state index >= 15 is 0 Å². The molecule has 0 saturated carbocycles. The van der Waals surface area contributed by atoms with Crippen LogP contribution in [0.2, 0.25) is 0 Å². The van der Waals surface area contributed by atoms with E-state index in [4.69, 9.17) is 5.21 Å². The molecule has 0 bridgehead atoms. The molecule has 3 amide bonds. The number of halogens is 2. The number of allylic oxidation sites excluding steroid dienone is 2. The molecule has 0 saturated heterocycles. The van der Waals surface area contributed by atoms with Crippen LogP contribution in [0.4, 0.5) is 8.78 Å². The van der Waals surface area contributed by atoms with Crippen LogP contribution in [0.5, 0.6) is 0 Å². The van der Waals surface area contributed by atoms with Crippen LogP contribution < -0.4 is 16.1 Å². The number of carbonyl (C=O) groups is 3. The molecular weight excluding hydrogens is 396 g/mol. The SMILES string of the molecule is C/C=C/C#CC#Cc1ccc(C(=O)N[C@H](C(=O)NO)C(C)(NC(C)=O)C(F)F)cc1.